The van der Waals surface area contributed by atoms with Crippen molar-refractivity contribution < 1.29 is 14.3 Å². The molecule has 7 nitrogen and oxygen atoms in total. The lowest BCUT2D eigenvalue weighted by atomic mass is 10.0. The predicted octanol–water partition coefficient (Wildman–Crippen LogP) is 4.01. The van der Waals surface area contributed by atoms with Crippen LogP contribution < -0.4 is 10.9 Å². The molecule has 8 heteroatoms. The van der Waals surface area contributed by atoms with Gasteiger partial charge in [0, 0.05) is 31.0 Å². The number of unbranched alkanes of at least 4 members (excludes halogenated alkanes) is 1. The van der Waals surface area contributed by atoms with E-state index in [9.17, 15) is 14.0 Å². The molecule has 31 heavy (non-hydrogen) atoms. The van der Waals surface area contributed by atoms with Gasteiger partial charge in [0.15, 0.2) is 0 Å². The van der Waals surface area contributed by atoms with Crippen LogP contribution in [-0.2, 0) is 6.42 Å². The first-order valence-corrected chi connectivity index (χ1v) is 10.5. The van der Waals surface area contributed by atoms with Crippen LogP contribution in [0.2, 0.25) is 0 Å². The monoisotopic (exact) mass is 424 g/mol. The summed E-state index contributed by atoms with van der Waals surface area (Å²) in [5, 5.41) is 12.5. The van der Waals surface area contributed by atoms with Crippen molar-refractivity contribution in [3.8, 4) is 11.1 Å². The molecule has 0 aliphatic carbocycles. The lowest BCUT2D eigenvalue weighted by molar-refractivity contribution is 0.155. The molecule has 2 N–H and O–H groups in total. The second kappa shape index (κ2) is 8.75. The van der Waals surface area contributed by atoms with Gasteiger partial charge in [0.2, 0.25) is 0 Å². The Kier molecular flexibility index (Phi) is 5.88. The zero-order chi connectivity index (χ0) is 22.0. The van der Waals surface area contributed by atoms with E-state index >= 15 is 0 Å². The van der Waals surface area contributed by atoms with Gasteiger partial charge in [-0.3, -0.25) is 9.20 Å². The van der Waals surface area contributed by atoms with Crippen molar-refractivity contribution in [1.29, 1.82) is 0 Å². The number of halogens is 1. The van der Waals surface area contributed by atoms with Crippen molar-refractivity contribution >= 4 is 17.4 Å². The Hall–Kier alpha value is -3.42. The first-order chi connectivity index (χ1) is 15.0. The Bertz CT molecular complexity index is 1160. The number of fused-ring (bicyclic) bond motifs is 1. The highest BCUT2D eigenvalue weighted by Crippen LogP contribution is 2.24. The van der Waals surface area contributed by atoms with Crippen LogP contribution in [0.5, 0.6) is 0 Å². The van der Waals surface area contributed by atoms with Crippen LogP contribution in [0.25, 0.3) is 16.8 Å². The fourth-order valence-corrected chi connectivity index (χ4v) is 3.99. The molecular formula is C23H25FN4O3. The smallest absolute Gasteiger partial charge is 0.407 e. The second-order valence-electron chi connectivity index (χ2n) is 7.85. The minimum absolute atomic E-state index is 0.0537. The SMILES string of the molecule is CCCCc1nc2ccc(F)cn2c(=O)c1-c1ccc(NC2CCN(C(=O)O)C2)cc1. The molecule has 1 unspecified atom stereocenters. The van der Waals surface area contributed by atoms with Crippen LogP contribution >= 0.6 is 0 Å². The number of aryl methyl sites for hydroxylation is 1. The van der Waals surface area contributed by atoms with Gasteiger partial charge in [0.25, 0.3) is 5.56 Å². The molecule has 0 spiro atoms. The number of rotatable bonds is 6. The summed E-state index contributed by atoms with van der Waals surface area (Å²) in [6.07, 6.45) is 3.56. The number of hydrogen-bond donors (Lipinski definition) is 2. The summed E-state index contributed by atoms with van der Waals surface area (Å²) in [7, 11) is 0. The standard InChI is InChI=1S/C23H25FN4O3/c1-2-3-4-19-21(22(29)28-13-16(24)7-10-20(28)26-19)15-5-8-17(9-6-15)25-18-11-12-27(14-18)23(30)31/h5-10,13,18,25H,2-4,11-12,14H2,1H3,(H,30,31). The van der Waals surface area contributed by atoms with Gasteiger partial charge < -0.3 is 15.3 Å². The number of likely N-dealkylation sites (tertiary alicyclic amines) is 1. The van der Waals surface area contributed by atoms with Crippen LogP contribution in [0, 0.1) is 5.82 Å². The topological polar surface area (TPSA) is 86.9 Å². The number of hydrogen-bond acceptors (Lipinski definition) is 4. The minimum atomic E-state index is -0.903. The van der Waals surface area contributed by atoms with Crippen LogP contribution in [0.15, 0.2) is 47.4 Å². The number of nitrogens with zero attached hydrogens (tertiary/aromatic N) is 3. The summed E-state index contributed by atoms with van der Waals surface area (Å²) in [5.41, 5.74) is 2.93. The third-order valence-electron chi connectivity index (χ3n) is 5.63. The van der Waals surface area contributed by atoms with Crippen molar-refractivity contribution in [1.82, 2.24) is 14.3 Å². The Balaban J connectivity index is 1.65. The number of carboxylic acid groups (broad SMARTS) is 1. The fourth-order valence-electron chi connectivity index (χ4n) is 3.99. The fraction of sp³-hybridized carbons (Fsp3) is 0.348. The lowest BCUT2D eigenvalue weighted by Crippen LogP contribution is -2.30. The highest BCUT2D eigenvalue weighted by Gasteiger charge is 2.25. The van der Waals surface area contributed by atoms with Crippen LogP contribution in [0.1, 0.15) is 31.9 Å². The van der Waals surface area contributed by atoms with Crippen LogP contribution in [0.3, 0.4) is 0 Å². The maximum Gasteiger partial charge on any atom is 0.407 e. The van der Waals surface area contributed by atoms with Gasteiger partial charge in [0.05, 0.1) is 11.3 Å². The molecule has 3 heterocycles. The molecule has 1 aliphatic rings. The molecular weight excluding hydrogens is 399 g/mol. The van der Waals surface area contributed by atoms with E-state index in [-0.39, 0.29) is 11.6 Å². The highest BCUT2D eigenvalue weighted by atomic mass is 19.1. The summed E-state index contributed by atoms with van der Waals surface area (Å²) in [5.74, 6) is -0.491. The van der Waals surface area contributed by atoms with Gasteiger partial charge in [-0.25, -0.2) is 14.2 Å². The third kappa shape index (κ3) is 4.38. The molecule has 0 saturated carbocycles. The lowest BCUT2D eigenvalue weighted by Gasteiger charge is -2.16. The zero-order valence-corrected chi connectivity index (χ0v) is 17.3. The molecule has 1 atom stereocenters. The van der Waals surface area contributed by atoms with Gasteiger partial charge in [-0.2, -0.15) is 0 Å². The normalized spacial score (nSPS) is 16.1. The number of aromatic nitrogens is 2. The van der Waals surface area contributed by atoms with E-state index in [0.717, 1.165) is 30.5 Å². The van der Waals surface area contributed by atoms with Crippen LogP contribution in [-0.4, -0.2) is 44.6 Å². The Morgan fingerprint density at radius 3 is 2.71 bits per heavy atom. The summed E-state index contributed by atoms with van der Waals surface area (Å²) < 4.78 is 15.0. The first kappa shape index (κ1) is 20.8. The van der Waals surface area contributed by atoms with Crippen molar-refractivity contribution in [3.63, 3.8) is 0 Å². The van der Waals surface area contributed by atoms with Crippen molar-refractivity contribution in [2.45, 2.75) is 38.6 Å². The van der Waals surface area contributed by atoms with E-state index in [2.05, 4.69) is 17.2 Å². The molecule has 3 aromatic rings. The summed E-state index contributed by atoms with van der Waals surface area (Å²) in [6.45, 7) is 3.04. The van der Waals surface area contributed by atoms with Crippen molar-refractivity contribution in [2.24, 2.45) is 0 Å². The Morgan fingerprint density at radius 1 is 1.26 bits per heavy atom. The molecule has 4 rings (SSSR count). The van der Waals surface area contributed by atoms with E-state index < -0.39 is 11.9 Å². The summed E-state index contributed by atoms with van der Waals surface area (Å²) in [4.78, 5) is 30.3. The van der Waals surface area contributed by atoms with Crippen LogP contribution in [0.4, 0.5) is 14.9 Å². The molecule has 0 bridgehead atoms. The highest BCUT2D eigenvalue weighted by molar-refractivity contribution is 5.69. The quantitative estimate of drug-likeness (QED) is 0.624. The van der Waals surface area contributed by atoms with E-state index in [1.165, 1.54) is 27.6 Å². The first-order valence-electron chi connectivity index (χ1n) is 10.5. The Labute approximate surface area is 179 Å². The largest absolute Gasteiger partial charge is 0.465 e. The van der Waals surface area contributed by atoms with E-state index in [0.29, 0.717) is 36.4 Å². The molecule has 1 amide bonds. The van der Waals surface area contributed by atoms with Crippen molar-refractivity contribution in [2.75, 3.05) is 18.4 Å². The van der Waals surface area contributed by atoms with Gasteiger partial charge in [-0.05, 0) is 49.1 Å². The Morgan fingerprint density at radius 2 is 2.03 bits per heavy atom. The van der Waals surface area contributed by atoms with Crippen molar-refractivity contribution in [3.05, 3.63) is 64.5 Å². The minimum Gasteiger partial charge on any atom is -0.465 e. The predicted molar refractivity (Wildman–Crippen MR) is 117 cm³/mol. The zero-order valence-electron chi connectivity index (χ0n) is 17.3. The van der Waals surface area contributed by atoms with E-state index in [1.54, 1.807) is 0 Å². The number of anilines is 1. The number of benzene rings is 1. The van der Waals surface area contributed by atoms with Gasteiger partial charge in [0.1, 0.15) is 11.5 Å². The number of nitrogens with one attached hydrogen (secondary N) is 1. The van der Waals surface area contributed by atoms with Gasteiger partial charge in [-0.15, -0.1) is 0 Å². The second-order valence-corrected chi connectivity index (χ2v) is 7.85. The molecule has 1 aromatic carbocycles. The average Bonchev–Trinajstić information content (AvgIpc) is 3.22. The van der Waals surface area contributed by atoms with E-state index in [1.807, 2.05) is 24.3 Å². The summed E-state index contributed by atoms with van der Waals surface area (Å²) >= 11 is 0. The molecule has 162 valence electrons. The summed E-state index contributed by atoms with van der Waals surface area (Å²) in [6, 6.07) is 10.3. The maximum absolute atomic E-state index is 13.7. The molecule has 2 aromatic heterocycles. The molecule has 0 radical (unpaired) electrons. The van der Waals surface area contributed by atoms with Gasteiger partial charge >= 0.3 is 6.09 Å². The van der Waals surface area contributed by atoms with E-state index in [4.69, 9.17) is 5.11 Å². The third-order valence-corrected chi connectivity index (χ3v) is 5.63. The number of amides is 1. The maximum atomic E-state index is 13.7. The average molecular weight is 424 g/mol. The number of pyridine rings is 1. The molecule has 1 fully saturated rings. The molecule has 1 aliphatic heterocycles. The van der Waals surface area contributed by atoms with Gasteiger partial charge in [-0.1, -0.05) is 25.5 Å². The number of carbonyl (C=O) groups is 1. The molecule has 1 saturated heterocycles.